The van der Waals surface area contributed by atoms with Gasteiger partial charge >= 0.3 is 0 Å². The fourth-order valence-electron chi connectivity index (χ4n) is 2.35. The predicted molar refractivity (Wildman–Crippen MR) is 98.5 cm³/mol. The third-order valence-electron chi connectivity index (χ3n) is 3.42. The lowest BCUT2D eigenvalue weighted by Gasteiger charge is -2.14. The highest BCUT2D eigenvalue weighted by molar-refractivity contribution is 6.04. The topological polar surface area (TPSA) is 67.4 Å². The van der Waals surface area contributed by atoms with Crippen LogP contribution in [0.25, 0.3) is 0 Å². The number of amides is 2. The summed E-state index contributed by atoms with van der Waals surface area (Å²) in [6, 6.07) is 15.0. The first-order valence-electron chi connectivity index (χ1n) is 8.32. The van der Waals surface area contributed by atoms with E-state index in [-0.39, 0.29) is 24.3 Å². The van der Waals surface area contributed by atoms with Gasteiger partial charge in [0.1, 0.15) is 12.2 Å². The van der Waals surface area contributed by atoms with Crippen LogP contribution in [0, 0.1) is 6.92 Å². The highest BCUT2D eigenvalue weighted by Gasteiger charge is 2.12. The van der Waals surface area contributed by atoms with Gasteiger partial charge in [-0.25, -0.2) is 0 Å². The van der Waals surface area contributed by atoms with Gasteiger partial charge in [0.25, 0.3) is 0 Å². The summed E-state index contributed by atoms with van der Waals surface area (Å²) >= 11 is 0. The van der Waals surface area contributed by atoms with Gasteiger partial charge in [-0.15, -0.1) is 0 Å². The second-order valence-electron chi connectivity index (χ2n) is 6.15. The molecule has 132 valence electrons. The molecule has 0 atom stereocenters. The van der Waals surface area contributed by atoms with Crippen LogP contribution in [-0.2, 0) is 16.1 Å². The van der Waals surface area contributed by atoms with Crippen molar-refractivity contribution in [3.63, 3.8) is 0 Å². The normalized spacial score (nSPS) is 10.4. The molecular formula is C20H24N2O3. The Balaban J connectivity index is 1.86. The van der Waals surface area contributed by atoms with E-state index in [9.17, 15) is 9.59 Å². The van der Waals surface area contributed by atoms with E-state index in [0.717, 1.165) is 11.1 Å². The average Bonchev–Trinajstić information content (AvgIpc) is 2.54. The lowest BCUT2D eigenvalue weighted by atomic mass is 10.1. The molecule has 0 aliphatic heterocycles. The van der Waals surface area contributed by atoms with Crippen molar-refractivity contribution in [2.45, 2.75) is 39.8 Å². The SMILES string of the molecule is Cc1cccc(CNC(=O)CC(=O)Nc2ccccc2OC(C)C)c1. The van der Waals surface area contributed by atoms with Gasteiger partial charge in [-0.05, 0) is 38.5 Å². The lowest BCUT2D eigenvalue weighted by Crippen LogP contribution is -2.28. The van der Waals surface area contributed by atoms with Crippen LogP contribution in [0.4, 0.5) is 5.69 Å². The van der Waals surface area contributed by atoms with Crippen LogP contribution in [0.5, 0.6) is 5.75 Å². The molecule has 5 heteroatoms. The largest absolute Gasteiger partial charge is 0.489 e. The van der Waals surface area contributed by atoms with Gasteiger partial charge in [-0.2, -0.15) is 0 Å². The van der Waals surface area contributed by atoms with Gasteiger partial charge in [0.05, 0.1) is 11.8 Å². The molecule has 2 rings (SSSR count). The van der Waals surface area contributed by atoms with E-state index in [1.165, 1.54) is 0 Å². The fraction of sp³-hybridized carbons (Fsp3) is 0.300. The number of hydrogen-bond donors (Lipinski definition) is 2. The Morgan fingerprint density at radius 3 is 2.52 bits per heavy atom. The van der Waals surface area contributed by atoms with Gasteiger partial charge < -0.3 is 15.4 Å². The molecule has 0 aromatic heterocycles. The van der Waals surface area contributed by atoms with E-state index >= 15 is 0 Å². The van der Waals surface area contributed by atoms with Crippen molar-refractivity contribution in [3.05, 3.63) is 59.7 Å². The van der Waals surface area contributed by atoms with Crippen molar-refractivity contribution < 1.29 is 14.3 Å². The van der Waals surface area contributed by atoms with Gasteiger partial charge in [-0.1, -0.05) is 42.0 Å². The minimum absolute atomic E-state index is 0.00400. The number of carbonyl (C=O) groups excluding carboxylic acids is 2. The molecule has 0 aliphatic carbocycles. The molecule has 2 aromatic carbocycles. The van der Waals surface area contributed by atoms with Crippen LogP contribution in [0.1, 0.15) is 31.4 Å². The fourth-order valence-corrected chi connectivity index (χ4v) is 2.35. The van der Waals surface area contributed by atoms with Gasteiger partial charge in [0.2, 0.25) is 11.8 Å². The number of nitrogens with one attached hydrogen (secondary N) is 2. The molecule has 0 unspecified atom stereocenters. The zero-order chi connectivity index (χ0) is 18.2. The smallest absolute Gasteiger partial charge is 0.233 e. The maximum absolute atomic E-state index is 12.1. The van der Waals surface area contributed by atoms with E-state index in [4.69, 9.17) is 4.74 Å². The molecule has 2 amide bonds. The van der Waals surface area contributed by atoms with Gasteiger partial charge in [0.15, 0.2) is 0 Å². The highest BCUT2D eigenvalue weighted by atomic mass is 16.5. The van der Waals surface area contributed by atoms with Gasteiger partial charge in [-0.3, -0.25) is 9.59 Å². The Hall–Kier alpha value is -2.82. The maximum atomic E-state index is 12.1. The standard InChI is InChI=1S/C20H24N2O3/c1-14(2)25-18-10-5-4-9-17(18)22-20(24)12-19(23)21-13-16-8-6-7-15(3)11-16/h4-11,14H,12-13H2,1-3H3,(H,21,23)(H,22,24). The third kappa shape index (κ3) is 6.30. The van der Waals surface area contributed by atoms with E-state index < -0.39 is 0 Å². The number of anilines is 1. The molecule has 0 bridgehead atoms. The Morgan fingerprint density at radius 1 is 1.04 bits per heavy atom. The molecule has 25 heavy (non-hydrogen) atoms. The van der Waals surface area contributed by atoms with Crippen molar-refractivity contribution in [1.82, 2.24) is 5.32 Å². The van der Waals surface area contributed by atoms with Crippen LogP contribution < -0.4 is 15.4 Å². The number of para-hydroxylation sites is 2. The zero-order valence-corrected chi connectivity index (χ0v) is 14.8. The molecule has 0 aliphatic rings. The summed E-state index contributed by atoms with van der Waals surface area (Å²) in [4.78, 5) is 24.1. The second-order valence-corrected chi connectivity index (χ2v) is 6.15. The van der Waals surface area contributed by atoms with Crippen LogP contribution >= 0.6 is 0 Å². The molecule has 0 radical (unpaired) electrons. The minimum Gasteiger partial charge on any atom is -0.489 e. The summed E-state index contributed by atoms with van der Waals surface area (Å²) in [5, 5.41) is 5.49. The first kappa shape index (κ1) is 18.5. The molecule has 0 heterocycles. The quantitative estimate of drug-likeness (QED) is 0.759. The summed E-state index contributed by atoms with van der Waals surface area (Å²) in [6.45, 7) is 6.23. The monoisotopic (exact) mass is 340 g/mol. The maximum Gasteiger partial charge on any atom is 0.233 e. The predicted octanol–water partition coefficient (Wildman–Crippen LogP) is 3.43. The molecular weight excluding hydrogens is 316 g/mol. The third-order valence-corrected chi connectivity index (χ3v) is 3.42. The average molecular weight is 340 g/mol. The van der Waals surface area contributed by atoms with Crippen LogP contribution in [0.2, 0.25) is 0 Å². The number of rotatable bonds is 7. The molecule has 0 saturated carbocycles. The van der Waals surface area contributed by atoms with Crippen LogP contribution in [0.3, 0.4) is 0 Å². The molecule has 0 saturated heterocycles. The molecule has 0 spiro atoms. The number of ether oxygens (including phenoxy) is 1. The number of hydrogen-bond acceptors (Lipinski definition) is 3. The molecule has 5 nitrogen and oxygen atoms in total. The molecule has 2 N–H and O–H groups in total. The minimum atomic E-state index is -0.374. The first-order chi connectivity index (χ1) is 11.9. The van der Waals surface area contributed by atoms with E-state index in [1.807, 2.05) is 51.1 Å². The van der Waals surface area contributed by atoms with Gasteiger partial charge in [0, 0.05) is 6.54 Å². The zero-order valence-electron chi connectivity index (χ0n) is 14.8. The van der Waals surface area contributed by atoms with Crippen molar-refractivity contribution in [2.24, 2.45) is 0 Å². The lowest BCUT2D eigenvalue weighted by molar-refractivity contribution is -0.126. The Bertz CT molecular complexity index is 741. The first-order valence-corrected chi connectivity index (χ1v) is 8.32. The highest BCUT2D eigenvalue weighted by Crippen LogP contribution is 2.24. The summed E-state index contributed by atoms with van der Waals surface area (Å²) in [5.41, 5.74) is 2.70. The van der Waals surface area contributed by atoms with Crippen molar-refractivity contribution in [2.75, 3.05) is 5.32 Å². The summed E-state index contributed by atoms with van der Waals surface area (Å²) in [6.07, 6.45) is -0.238. The Labute approximate surface area is 148 Å². The summed E-state index contributed by atoms with van der Waals surface area (Å²) in [5.74, 6) is -0.103. The molecule has 2 aromatic rings. The molecule has 0 fully saturated rings. The Morgan fingerprint density at radius 2 is 1.80 bits per heavy atom. The van der Waals surface area contributed by atoms with Crippen LogP contribution in [-0.4, -0.2) is 17.9 Å². The number of benzene rings is 2. The van der Waals surface area contributed by atoms with Crippen molar-refractivity contribution in [1.29, 1.82) is 0 Å². The second kappa shape index (κ2) is 8.87. The van der Waals surface area contributed by atoms with E-state index in [0.29, 0.717) is 18.0 Å². The summed E-state index contributed by atoms with van der Waals surface area (Å²) < 4.78 is 5.65. The van der Waals surface area contributed by atoms with E-state index in [2.05, 4.69) is 10.6 Å². The van der Waals surface area contributed by atoms with Crippen LogP contribution in [0.15, 0.2) is 48.5 Å². The van der Waals surface area contributed by atoms with Crippen molar-refractivity contribution in [3.8, 4) is 5.75 Å². The van der Waals surface area contributed by atoms with E-state index in [1.54, 1.807) is 18.2 Å². The Kier molecular flexibility index (Phi) is 6.57. The summed E-state index contributed by atoms with van der Waals surface area (Å²) in [7, 11) is 0. The van der Waals surface area contributed by atoms with Crippen molar-refractivity contribution >= 4 is 17.5 Å². The number of aryl methyl sites for hydroxylation is 1. The number of carbonyl (C=O) groups is 2.